The molecular weight excluding hydrogens is 759 g/mol. The van der Waals surface area contributed by atoms with E-state index in [1.54, 1.807) is 6.08 Å². The van der Waals surface area contributed by atoms with Crippen molar-refractivity contribution in [3.63, 3.8) is 0 Å². The second-order valence-corrected chi connectivity index (χ2v) is 17.9. The topological polar surface area (TPSA) is 69.6 Å². The molecule has 1 amide bonds. The molecule has 0 rings (SSSR count). The molecule has 0 aliphatic rings. The van der Waals surface area contributed by atoms with Gasteiger partial charge in [0.1, 0.15) is 0 Å². The van der Waals surface area contributed by atoms with Crippen molar-refractivity contribution in [1.29, 1.82) is 0 Å². The number of allylic oxidation sites excluding steroid dienone is 13. The van der Waals surface area contributed by atoms with Gasteiger partial charge in [-0.2, -0.15) is 0 Å². The fourth-order valence-corrected chi connectivity index (χ4v) is 7.83. The zero-order valence-corrected chi connectivity index (χ0v) is 41.1. The minimum Gasteiger partial charge on any atom is -0.394 e. The number of carbonyl (C=O) groups excluding carboxylic acids is 1. The first-order chi connectivity index (χ1) is 30.7. The minimum absolute atomic E-state index is 0.0646. The van der Waals surface area contributed by atoms with Crippen LogP contribution in [0.4, 0.5) is 0 Å². The summed E-state index contributed by atoms with van der Waals surface area (Å²) in [7, 11) is 0. The fourth-order valence-electron chi connectivity index (χ4n) is 7.83. The van der Waals surface area contributed by atoms with Gasteiger partial charge in [0.05, 0.1) is 18.8 Å². The van der Waals surface area contributed by atoms with Crippen LogP contribution in [0.15, 0.2) is 85.1 Å². The first-order valence-corrected chi connectivity index (χ1v) is 26.8. The van der Waals surface area contributed by atoms with Crippen molar-refractivity contribution in [3.05, 3.63) is 85.1 Å². The van der Waals surface area contributed by atoms with Gasteiger partial charge in [0.2, 0.25) is 5.91 Å². The predicted octanol–water partition coefficient (Wildman–Crippen LogP) is 17.6. The van der Waals surface area contributed by atoms with E-state index in [-0.39, 0.29) is 12.5 Å². The maximum absolute atomic E-state index is 12.4. The normalized spacial score (nSPS) is 13.5. The minimum atomic E-state index is -0.840. The highest BCUT2D eigenvalue weighted by atomic mass is 16.3. The summed E-state index contributed by atoms with van der Waals surface area (Å²) in [5, 5.41) is 23.1. The average Bonchev–Trinajstić information content (AvgIpc) is 3.28. The van der Waals surface area contributed by atoms with Crippen LogP contribution in [0.1, 0.15) is 258 Å². The Morgan fingerprint density at radius 2 is 0.710 bits per heavy atom. The smallest absolute Gasteiger partial charge is 0.220 e. The number of aliphatic hydroxyl groups is 2. The van der Waals surface area contributed by atoms with Crippen molar-refractivity contribution < 1.29 is 15.0 Å². The molecule has 3 N–H and O–H groups in total. The number of amides is 1. The van der Waals surface area contributed by atoms with E-state index in [0.29, 0.717) is 6.42 Å². The monoisotopic (exact) mass is 862 g/mol. The van der Waals surface area contributed by atoms with E-state index < -0.39 is 12.1 Å². The molecule has 2 unspecified atom stereocenters. The molecule has 0 bridgehead atoms. The lowest BCUT2D eigenvalue weighted by Crippen LogP contribution is -2.45. The first kappa shape index (κ1) is 59.6. The van der Waals surface area contributed by atoms with Gasteiger partial charge in [-0.1, -0.05) is 266 Å². The zero-order chi connectivity index (χ0) is 44.9. The van der Waals surface area contributed by atoms with Gasteiger partial charge in [0, 0.05) is 6.42 Å². The van der Waals surface area contributed by atoms with E-state index in [4.69, 9.17) is 0 Å². The van der Waals surface area contributed by atoms with Crippen molar-refractivity contribution in [2.75, 3.05) is 6.61 Å². The van der Waals surface area contributed by atoms with Crippen molar-refractivity contribution in [2.45, 2.75) is 270 Å². The van der Waals surface area contributed by atoms with Crippen molar-refractivity contribution in [2.24, 2.45) is 0 Å². The lowest BCUT2D eigenvalue weighted by Gasteiger charge is -2.20. The highest BCUT2D eigenvalue weighted by Crippen LogP contribution is 2.16. The number of hydrogen-bond acceptors (Lipinski definition) is 3. The van der Waals surface area contributed by atoms with Crippen LogP contribution in [0.5, 0.6) is 0 Å². The highest BCUT2D eigenvalue weighted by molar-refractivity contribution is 5.76. The fraction of sp³-hybridized carbons (Fsp3) is 0.741. The van der Waals surface area contributed by atoms with Crippen LogP contribution in [0, 0.1) is 0 Å². The van der Waals surface area contributed by atoms with Gasteiger partial charge in [-0.3, -0.25) is 4.79 Å². The van der Waals surface area contributed by atoms with Crippen LogP contribution < -0.4 is 5.32 Å². The van der Waals surface area contributed by atoms with Gasteiger partial charge in [0.25, 0.3) is 0 Å². The summed E-state index contributed by atoms with van der Waals surface area (Å²) in [4.78, 5) is 12.4. The molecule has 0 aliphatic carbocycles. The molecule has 0 saturated carbocycles. The quantitative estimate of drug-likeness (QED) is 0.0422. The molecule has 0 aromatic rings. The Morgan fingerprint density at radius 3 is 1.06 bits per heavy atom. The molecule has 0 fully saturated rings. The summed E-state index contributed by atoms with van der Waals surface area (Å²) in [6.45, 7) is 4.19. The molecule has 4 nitrogen and oxygen atoms in total. The lowest BCUT2D eigenvalue weighted by molar-refractivity contribution is -0.123. The molecule has 358 valence electrons. The average molecular weight is 862 g/mol. The lowest BCUT2D eigenvalue weighted by atomic mass is 10.0. The summed E-state index contributed by atoms with van der Waals surface area (Å²) in [6, 6.07) is -0.623. The zero-order valence-electron chi connectivity index (χ0n) is 41.1. The second-order valence-electron chi connectivity index (χ2n) is 17.9. The maximum atomic E-state index is 12.4. The number of carbonyl (C=O) groups is 1. The predicted molar refractivity (Wildman–Crippen MR) is 276 cm³/mol. The van der Waals surface area contributed by atoms with Gasteiger partial charge in [-0.15, -0.1) is 0 Å². The Hall–Kier alpha value is -2.43. The molecular formula is C58H103NO3. The molecule has 0 radical (unpaired) electrons. The van der Waals surface area contributed by atoms with Crippen LogP contribution in [0.3, 0.4) is 0 Å². The number of nitrogens with one attached hydrogen (secondary N) is 1. The van der Waals surface area contributed by atoms with Gasteiger partial charge in [-0.05, 0) is 70.6 Å². The first-order valence-electron chi connectivity index (χ1n) is 26.8. The third-order valence-corrected chi connectivity index (χ3v) is 11.9. The summed E-state index contributed by atoms with van der Waals surface area (Å²) >= 11 is 0. The van der Waals surface area contributed by atoms with E-state index in [9.17, 15) is 15.0 Å². The van der Waals surface area contributed by atoms with Gasteiger partial charge < -0.3 is 15.5 Å². The van der Waals surface area contributed by atoms with Crippen molar-refractivity contribution in [3.8, 4) is 0 Å². The van der Waals surface area contributed by atoms with Crippen LogP contribution in [0.2, 0.25) is 0 Å². The number of unbranched alkanes of at least 4 members (excludes halogenated alkanes) is 29. The van der Waals surface area contributed by atoms with E-state index in [2.05, 4.69) is 92.1 Å². The Morgan fingerprint density at radius 1 is 0.403 bits per heavy atom. The SMILES string of the molecule is CC/C=C\C/C=C\C/C=C\C/C=C\C/C=C\C/C=C\CCCCCCCCCCCCCCCCCCCCC(=O)NC(CO)C(O)/C=C/CCCCCCCCCCCCC. The number of hydrogen-bond donors (Lipinski definition) is 3. The maximum Gasteiger partial charge on any atom is 0.220 e. The third-order valence-electron chi connectivity index (χ3n) is 11.9. The number of rotatable bonds is 48. The summed E-state index contributed by atoms with van der Waals surface area (Å²) in [5.41, 5.74) is 0. The molecule has 4 heteroatoms. The van der Waals surface area contributed by atoms with E-state index in [1.165, 1.54) is 173 Å². The largest absolute Gasteiger partial charge is 0.394 e. The molecule has 2 atom stereocenters. The highest BCUT2D eigenvalue weighted by Gasteiger charge is 2.18. The van der Waals surface area contributed by atoms with E-state index in [0.717, 1.165) is 64.2 Å². The standard InChI is InChI=1S/C58H103NO3/c1-3-5-7-9-11-13-15-17-18-19-20-21-22-23-24-25-26-27-28-29-30-31-32-33-34-35-36-37-38-39-40-42-44-46-48-50-52-54-58(62)59-56(55-60)57(61)53-51-49-47-45-43-41-16-14-12-10-8-6-4-2/h5,7,11,13,17-18,20-21,23-24,26-27,51,53,56-57,60-61H,3-4,6,8-10,12,14-16,19,22,25,28-50,52,54-55H2,1-2H3,(H,59,62)/b7-5-,13-11-,18-17-,21-20-,24-23-,27-26-,53-51+. The second kappa shape index (κ2) is 52.9. The van der Waals surface area contributed by atoms with Gasteiger partial charge >= 0.3 is 0 Å². The summed E-state index contributed by atoms with van der Waals surface area (Å²) in [6.07, 6.45) is 77.3. The Labute approximate surface area is 386 Å². The molecule has 0 aromatic carbocycles. The molecule has 0 heterocycles. The van der Waals surface area contributed by atoms with Crippen molar-refractivity contribution in [1.82, 2.24) is 5.32 Å². The van der Waals surface area contributed by atoms with Crippen LogP contribution >= 0.6 is 0 Å². The van der Waals surface area contributed by atoms with E-state index >= 15 is 0 Å². The summed E-state index contributed by atoms with van der Waals surface area (Å²) < 4.78 is 0. The third kappa shape index (κ3) is 48.6. The Bertz CT molecular complexity index is 1110. The molecule has 0 saturated heterocycles. The molecule has 0 aromatic heterocycles. The van der Waals surface area contributed by atoms with Crippen LogP contribution in [-0.4, -0.2) is 34.9 Å². The Balaban J connectivity index is 3.48. The van der Waals surface area contributed by atoms with E-state index in [1.807, 2.05) is 6.08 Å². The van der Waals surface area contributed by atoms with Crippen molar-refractivity contribution >= 4 is 5.91 Å². The summed E-state index contributed by atoms with van der Waals surface area (Å²) in [5.74, 6) is -0.0646. The molecule has 62 heavy (non-hydrogen) atoms. The molecule has 0 spiro atoms. The van der Waals surface area contributed by atoms with Gasteiger partial charge in [0.15, 0.2) is 0 Å². The molecule has 0 aliphatic heterocycles. The number of aliphatic hydroxyl groups excluding tert-OH is 2. The van der Waals surface area contributed by atoms with Crippen LogP contribution in [0.25, 0.3) is 0 Å². The van der Waals surface area contributed by atoms with Crippen LogP contribution in [-0.2, 0) is 4.79 Å². The Kier molecular flexibility index (Phi) is 50.8. The van der Waals surface area contributed by atoms with Gasteiger partial charge in [-0.25, -0.2) is 0 Å².